The van der Waals surface area contributed by atoms with Gasteiger partial charge in [0.1, 0.15) is 19.3 Å². The van der Waals surface area contributed by atoms with E-state index in [9.17, 15) is 19.0 Å². The second-order valence-electron chi connectivity index (χ2n) is 22.9. The molecule has 9 nitrogen and oxygen atoms in total. The first kappa shape index (κ1) is 74.5. The first-order valence-corrected chi connectivity index (χ1v) is 33.7. The van der Waals surface area contributed by atoms with E-state index in [4.69, 9.17) is 13.8 Å². The lowest BCUT2D eigenvalue weighted by molar-refractivity contribution is -0.870. The molecule has 10 heteroatoms. The molecule has 0 aliphatic heterocycles. The van der Waals surface area contributed by atoms with Crippen LogP contribution in [-0.4, -0.2) is 69.4 Å². The highest BCUT2D eigenvalue weighted by atomic mass is 31.2. The molecule has 0 fully saturated rings. The predicted octanol–water partition coefficient (Wildman–Crippen LogP) is 19.4. The predicted molar refractivity (Wildman–Crippen MR) is 330 cm³/mol. The van der Waals surface area contributed by atoms with Crippen LogP contribution >= 0.6 is 7.82 Å². The number of hydrogen-bond acceptors (Lipinski definition) is 7. The molecule has 0 saturated carbocycles. The Labute approximate surface area is 476 Å². The summed E-state index contributed by atoms with van der Waals surface area (Å²) < 4.78 is 30.4. The van der Waals surface area contributed by atoms with Crippen molar-refractivity contribution in [2.45, 2.75) is 303 Å². The zero-order valence-corrected chi connectivity index (χ0v) is 52.0. The molecule has 0 aromatic carbocycles. The van der Waals surface area contributed by atoms with Crippen molar-refractivity contribution >= 4 is 19.7 Å². The number of rotatable bonds is 58. The van der Waals surface area contributed by atoms with Gasteiger partial charge in [-0.2, -0.15) is 0 Å². The number of phosphoric acid groups is 1. The van der Waals surface area contributed by atoms with Gasteiger partial charge >= 0.3 is 5.97 Å². The van der Waals surface area contributed by atoms with Crippen molar-refractivity contribution in [1.29, 1.82) is 0 Å². The number of carbonyl (C=O) groups is 2. The second-order valence-corrected chi connectivity index (χ2v) is 24.3. The van der Waals surface area contributed by atoms with Gasteiger partial charge in [0.25, 0.3) is 7.82 Å². The van der Waals surface area contributed by atoms with Crippen LogP contribution in [-0.2, 0) is 27.9 Å². The molecular weight excluding hydrogens is 976 g/mol. The average molecular weight is 1100 g/mol. The number of nitrogens with one attached hydrogen (secondary N) is 1. The number of unbranched alkanes of at least 4 members (excludes halogenated alkanes) is 32. The molecule has 1 N–H and O–H groups in total. The van der Waals surface area contributed by atoms with Crippen molar-refractivity contribution in [2.75, 3.05) is 40.9 Å². The van der Waals surface area contributed by atoms with Gasteiger partial charge in [0.05, 0.1) is 33.8 Å². The van der Waals surface area contributed by atoms with Crippen molar-refractivity contribution in [2.24, 2.45) is 0 Å². The number of esters is 1. The fraction of sp³-hybridized carbons (Fsp3) is 0.791. The molecule has 0 heterocycles. The van der Waals surface area contributed by atoms with E-state index in [1.54, 1.807) is 0 Å². The number of ether oxygens (including phenoxy) is 1. The highest BCUT2D eigenvalue weighted by Gasteiger charge is 2.27. The van der Waals surface area contributed by atoms with Gasteiger partial charge in [-0.15, -0.1) is 0 Å². The van der Waals surface area contributed by atoms with Crippen LogP contribution in [0.3, 0.4) is 0 Å². The molecule has 0 spiro atoms. The van der Waals surface area contributed by atoms with Gasteiger partial charge in [-0.3, -0.25) is 14.2 Å². The van der Waals surface area contributed by atoms with Crippen LogP contribution in [0, 0.1) is 0 Å². The molecule has 3 atom stereocenters. The Morgan fingerprint density at radius 3 is 1.25 bits per heavy atom. The van der Waals surface area contributed by atoms with Crippen LogP contribution in [0.5, 0.6) is 0 Å². The van der Waals surface area contributed by atoms with E-state index in [2.05, 4.69) is 86.8 Å². The Hall–Kier alpha value is -2.55. The summed E-state index contributed by atoms with van der Waals surface area (Å²) in [5.74, 6) is -0.555. The number of hydrogen-bond donors (Lipinski definition) is 1. The van der Waals surface area contributed by atoms with Gasteiger partial charge in [-0.1, -0.05) is 274 Å². The summed E-state index contributed by atoms with van der Waals surface area (Å²) in [5, 5.41) is 3.03. The van der Waals surface area contributed by atoms with Crippen molar-refractivity contribution < 1.29 is 37.3 Å². The van der Waals surface area contributed by atoms with E-state index in [0.29, 0.717) is 23.9 Å². The van der Waals surface area contributed by atoms with Crippen LogP contribution in [0.2, 0.25) is 0 Å². The summed E-state index contributed by atoms with van der Waals surface area (Å²) in [7, 11) is 1.17. The third kappa shape index (κ3) is 57.9. The average Bonchev–Trinajstić information content (AvgIpc) is 3.39. The minimum atomic E-state index is -4.71. The smallest absolute Gasteiger partial charge is 0.306 e. The highest BCUT2D eigenvalue weighted by Crippen LogP contribution is 2.38. The lowest BCUT2D eigenvalue weighted by Crippen LogP contribution is -2.47. The lowest BCUT2D eigenvalue weighted by Gasteiger charge is -2.30. The lowest BCUT2D eigenvalue weighted by atomic mass is 10.0. The van der Waals surface area contributed by atoms with E-state index in [0.717, 1.165) is 103 Å². The Balaban J connectivity index is 5.28. The summed E-state index contributed by atoms with van der Waals surface area (Å²) in [4.78, 5) is 40.1. The minimum absolute atomic E-state index is 0.0275. The van der Waals surface area contributed by atoms with Crippen LogP contribution in [0.25, 0.3) is 0 Å². The number of amides is 1. The fourth-order valence-corrected chi connectivity index (χ4v) is 9.92. The van der Waals surface area contributed by atoms with E-state index in [1.807, 2.05) is 33.3 Å². The minimum Gasteiger partial charge on any atom is -0.756 e. The van der Waals surface area contributed by atoms with E-state index < -0.39 is 26.6 Å². The summed E-state index contributed by atoms with van der Waals surface area (Å²) >= 11 is 0. The molecule has 0 aliphatic rings. The van der Waals surface area contributed by atoms with Crippen LogP contribution in [0.4, 0.5) is 0 Å². The van der Waals surface area contributed by atoms with Crippen LogP contribution < -0.4 is 10.2 Å². The molecule has 0 aromatic rings. The molecule has 3 unspecified atom stereocenters. The number of allylic oxidation sites excluding steroid dienone is 11. The van der Waals surface area contributed by atoms with E-state index in [1.165, 1.54) is 148 Å². The van der Waals surface area contributed by atoms with Gasteiger partial charge in [0.2, 0.25) is 5.91 Å². The number of carbonyl (C=O) groups excluding carboxylic acids is 2. The van der Waals surface area contributed by atoms with Crippen LogP contribution in [0.15, 0.2) is 72.9 Å². The molecule has 1 amide bonds. The Kier molecular flexibility index (Phi) is 54.8. The Morgan fingerprint density at radius 1 is 0.468 bits per heavy atom. The summed E-state index contributed by atoms with van der Waals surface area (Å²) in [5.41, 5.74) is 0. The maximum atomic E-state index is 13.6. The molecule has 0 bridgehead atoms. The Morgan fingerprint density at radius 2 is 0.831 bits per heavy atom. The molecule has 0 aliphatic carbocycles. The zero-order chi connectivity index (χ0) is 56.4. The molecule has 77 heavy (non-hydrogen) atoms. The zero-order valence-electron chi connectivity index (χ0n) is 51.2. The van der Waals surface area contributed by atoms with E-state index >= 15 is 0 Å². The number of nitrogens with zero attached hydrogens (tertiary/aromatic N) is 1. The maximum Gasteiger partial charge on any atom is 0.306 e. The van der Waals surface area contributed by atoms with Gasteiger partial charge in [0.15, 0.2) is 0 Å². The standard InChI is InChI=1S/C67H123N2O7P/c1-7-10-13-16-19-22-25-28-30-32-33-34-35-37-38-41-44-47-50-53-56-59-66(70)68-64(63-75-77(72,73)74-62-61-69(4,5)6)65(58-55-52-49-46-43-40-27-24-21-18-15-12-9-3)76-67(71)60-57-54-51-48-45-42-39-36-31-29-26-23-20-17-14-11-8-2/h10,13,19,22,28,30,33-34,37-38,55,58,64-65H,7-9,11-12,14-18,20-21,23-27,29,31-32,35-36,39-54,56-57,59-63H2,1-6H3,(H-,68,70,72,73)/b13-10-,22-19-,30-28-,34-33-,38-37-,58-55+. The van der Waals surface area contributed by atoms with Crippen molar-refractivity contribution in [3.05, 3.63) is 72.9 Å². The largest absolute Gasteiger partial charge is 0.756 e. The summed E-state index contributed by atoms with van der Waals surface area (Å²) in [6.45, 7) is 6.74. The third-order valence-corrected chi connectivity index (χ3v) is 15.1. The van der Waals surface area contributed by atoms with Crippen molar-refractivity contribution in [3.8, 4) is 0 Å². The van der Waals surface area contributed by atoms with Gasteiger partial charge in [-0.05, 0) is 76.7 Å². The van der Waals surface area contributed by atoms with Crippen molar-refractivity contribution in [3.63, 3.8) is 0 Å². The molecule has 0 saturated heterocycles. The third-order valence-electron chi connectivity index (χ3n) is 14.2. The first-order valence-electron chi connectivity index (χ1n) is 32.2. The van der Waals surface area contributed by atoms with Crippen LogP contribution in [0.1, 0.15) is 290 Å². The number of quaternary nitrogens is 1. The topological polar surface area (TPSA) is 114 Å². The fourth-order valence-electron chi connectivity index (χ4n) is 9.20. The SMILES string of the molecule is CC/C=C\C/C=C\C/C=C\C/C=C\C/C=C\CCCCCCCC(=O)NC(COP(=O)([O-])OCC[N+](C)(C)C)C(/C=C/CCCCCCCCCCCCC)OC(=O)CCCCCCCCCCCCCCCCCCC. The summed E-state index contributed by atoms with van der Waals surface area (Å²) in [6, 6.07) is -0.900. The first-order chi connectivity index (χ1) is 37.4. The monoisotopic (exact) mass is 1100 g/mol. The van der Waals surface area contributed by atoms with Gasteiger partial charge in [-0.25, -0.2) is 0 Å². The normalized spacial score (nSPS) is 14.1. The molecule has 0 aromatic heterocycles. The van der Waals surface area contributed by atoms with Gasteiger partial charge in [0, 0.05) is 12.8 Å². The highest BCUT2D eigenvalue weighted by molar-refractivity contribution is 7.45. The molecular formula is C67H123N2O7P. The van der Waals surface area contributed by atoms with E-state index in [-0.39, 0.29) is 24.9 Å². The van der Waals surface area contributed by atoms with Gasteiger partial charge < -0.3 is 28.5 Å². The quantitative estimate of drug-likeness (QED) is 0.0212. The molecule has 0 radical (unpaired) electrons. The summed E-state index contributed by atoms with van der Waals surface area (Å²) in [6.07, 6.45) is 72.9. The number of phosphoric ester groups is 1. The maximum absolute atomic E-state index is 13.6. The number of likely N-dealkylation sites (N-methyl/N-ethyl adjacent to an activating group) is 1. The molecule has 448 valence electrons. The molecule has 0 rings (SSSR count). The second kappa shape index (κ2) is 56.7. The Bertz CT molecular complexity index is 1550. The van der Waals surface area contributed by atoms with Crippen molar-refractivity contribution in [1.82, 2.24) is 5.32 Å².